The second kappa shape index (κ2) is 6.00. The maximum Gasteiger partial charge on any atom is 0.297 e. The molecule has 1 aromatic carbocycles. The summed E-state index contributed by atoms with van der Waals surface area (Å²) in [5.74, 6) is 0. The molecule has 0 radical (unpaired) electrons. The number of rotatable bonds is 4. The maximum atomic E-state index is 12.0. The van der Waals surface area contributed by atoms with E-state index in [-0.39, 0.29) is 24.2 Å². The van der Waals surface area contributed by atoms with Gasteiger partial charge in [-0.05, 0) is 31.9 Å². The minimum absolute atomic E-state index is 0.0442. The van der Waals surface area contributed by atoms with Gasteiger partial charge in [-0.15, -0.1) is 0 Å². The standard InChI is InChI=1S/C13H18O5S/c1-10-2-6-13(7-3-10)19(15,16)18-12-5-4-11(8-14)17-9-12/h2-3,6-7,11-12,14H,4-5,8-9H2,1H3/t11-,12-/m1/s1. The van der Waals surface area contributed by atoms with Crippen molar-refractivity contribution in [3.05, 3.63) is 29.8 Å². The quantitative estimate of drug-likeness (QED) is 0.843. The third-order valence-electron chi connectivity index (χ3n) is 3.10. The van der Waals surface area contributed by atoms with Gasteiger partial charge in [0.05, 0.1) is 24.2 Å². The second-order valence-corrected chi connectivity index (χ2v) is 6.27. The van der Waals surface area contributed by atoms with Crippen molar-refractivity contribution in [3.63, 3.8) is 0 Å². The highest BCUT2D eigenvalue weighted by Crippen LogP contribution is 2.21. The van der Waals surface area contributed by atoms with Gasteiger partial charge in [0, 0.05) is 0 Å². The Morgan fingerprint density at radius 1 is 1.32 bits per heavy atom. The number of aryl methyl sites for hydroxylation is 1. The molecule has 0 amide bonds. The van der Waals surface area contributed by atoms with Crippen molar-refractivity contribution in [1.82, 2.24) is 0 Å². The highest BCUT2D eigenvalue weighted by Gasteiger charge is 2.27. The van der Waals surface area contributed by atoms with E-state index in [2.05, 4.69) is 0 Å². The predicted molar refractivity (Wildman–Crippen MR) is 69.3 cm³/mol. The van der Waals surface area contributed by atoms with E-state index in [0.29, 0.717) is 12.8 Å². The summed E-state index contributed by atoms with van der Waals surface area (Å²) in [5, 5.41) is 8.93. The SMILES string of the molecule is Cc1ccc(S(=O)(=O)O[C@@H]2CC[C@H](CO)OC2)cc1. The van der Waals surface area contributed by atoms with Crippen LogP contribution in [0.1, 0.15) is 18.4 Å². The molecular weight excluding hydrogens is 268 g/mol. The van der Waals surface area contributed by atoms with Gasteiger partial charge in [0.2, 0.25) is 0 Å². The van der Waals surface area contributed by atoms with Gasteiger partial charge in [0.25, 0.3) is 10.1 Å². The molecule has 106 valence electrons. The highest BCUT2D eigenvalue weighted by molar-refractivity contribution is 7.86. The fourth-order valence-corrected chi connectivity index (χ4v) is 3.03. The first-order valence-corrected chi connectivity index (χ1v) is 7.64. The van der Waals surface area contributed by atoms with Crippen LogP contribution in [0, 0.1) is 6.92 Å². The van der Waals surface area contributed by atoms with Crippen LogP contribution in [0.15, 0.2) is 29.2 Å². The minimum atomic E-state index is -3.74. The Labute approximate surface area is 113 Å². The normalized spacial score (nSPS) is 24.3. The van der Waals surface area contributed by atoms with Gasteiger partial charge in [-0.3, -0.25) is 4.18 Å². The first-order chi connectivity index (χ1) is 9.01. The monoisotopic (exact) mass is 286 g/mol. The van der Waals surface area contributed by atoms with Crippen molar-refractivity contribution in [1.29, 1.82) is 0 Å². The van der Waals surface area contributed by atoms with Crippen LogP contribution in [-0.2, 0) is 19.0 Å². The van der Waals surface area contributed by atoms with Gasteiger partial charge in [0.15, 0.2) is 0 Å². The molecule has 0 bridgehead atoms. The van der Waals surface area contributed by atoms with E-state index in [9.17, 15) is 8.42 Å². The van der Waals surface area contributed by atoms with E-state index >= 15 is 0 Å². The van der Waals surface area contributed by atoms with Gasteiger partial charge in [-0.2, -0.15) is 8.42 Å². The van der Waals surface area contributed by atoms with Gasteiger partial charge in [0.1, 0.15) is 6.10 Å². The van der Waals surface area contributed by atoms with Crippen LogP contribution in [0.4, 0.5) is 0 Å². The molecule has 1 fully saturated rings. The van der Waals surface area contributed by atoms with E-state index in [0.717, 1.165) is 5.56 Å². The Balaban J connectivity index is 2.00. The third-order valence-corrected chi connectivity index (χ3v) is 4.48. The number of hydrogen-bond donors (Lipinski definition) is 1. The summed E-state index contributed by atoms with van der Waals surface area (Å²) < 4.78 is 34.5. The molecule has 5 nitrogen and oxygen atoms in total. The summed E-state index contributed by atoms with van der Waals surface area (Å²) in [6.07, 6.45) is 0.483. The Morgan fingerprint density at radius 3 is 2.53 bits per heavy atom. The van der Waals surface area contributed by atoms with Crippen LogP contribution in [-0.4, -0.2) is 38.9 Å². The lowest BCUT2D eigenvalue weighted by molar-refractivity contribution is -0.0639. The summed E-state index contributed by atoms with van der Waals surface area (Å²) in [7, 11) is -3.74. The van der Waals surface area contributed by atoms with Crippen LogP contribution >= 0.6 is 0 Å². The highest BCUT2D eigenvalue weighted by atomic mass is 32.2. The molecule has 1 saturated heterocycles. The summed E-state index contributed by atoms with van der Waals surface area (Å²) in [6, 6.07) is 6.53. The smallest absolute Gasteiger partial charge is 0.297 e. The van der Waals surface area contributed by atoms with Crippen molar-refractivity contribution in [3.8, 4) is 0 Å². The first-order valence-electron chi connectivity index (χ1n) is 6.23. The summed E-state index contributed by atoms with van der Waals surface area (Å²) in [4.78, 5) is 0.155. The molecule has 1 aromatic rings. The molecule has 0 unspecified atom stereocenters. The van der Waals surface area contributed by atoms with Crippen molar-refractivity contribution in [2.75, 3.05) is 13.2 Å². The average molecular weight is 286 g/mol. The zero-order chi connectivity index (χ0) is 13.9. The van der Waals surface area contributed by atoms with Crippen molar-refractivity contribution >= 4 is 10.1 Å². The Bertz CT molecular complexity index is 500. The summed E-state index contributed by atoms with van der Waals surface area (Å²) in [6.45, 7) is 2.04. The van der Waals surface area contributed by atoms with E-state index < -0.39 is 16.2 Å². The lowest BCUT2D eigenvalue weighted by Crippen LogP contribution is -2.34. The molecule has 19 heavy (non-hydrogen) atoms. The molecule has 1 heterocycles. The number of aliphatic hydroxyl groups is 1. The average Bonchev–Trinajstić information content (AvgIpc) is 2.40. The van der Waals surface area contributed by atoms with Gasteiger partial charge < -0.3 is 9.84 Å². The predicted octanol–water partition coefficient (Wildman–Crippen LogP) is 1.24. The lowest BCUT2D eigenvalue weighted by Gasteiger charge is -2.27. The molecule has 2 rings (SSSR count). The zero-order valence-corrected chi connectivity index (χ0v) is 11.6. The number of ether oxygens (including phenoxy) is 1. The fourth-order valence-electron chi connectivity index (χ4n) is 1.94. The largest absolute Gasteiger partial charge is 0.394 e. The minimum Gasteiger partial charge on any atom is -0.394 e. The molecule has 6 heteroatoms. The molecule has 0 spiro atoms. The van der Waals surface area contributed by atoms with Crippen LogP contribution in [0.2, 0.25) is 0 Å². The molecule has 2 atom stereocenters. The first kappa shape index (κ1) is 14.5. The van der Waals surface area contributed by atoms with Crippen LogP contribution in [0.5, 0.6) is 0 Å². The van der Waals surface area contributed by atoms with Gasteiger partial charge in [-0.1, -0.05) is 17.7 Å². The van der Waals surface area contributed by atoms with Crippen molar-refractivity contribution < 1.29 is 22.4 Å². The molecule has 0 saturated carbocycles. The second-order valence-electron chi connectivity index (χ2n) is 4.70. The molecule has 1 N–H and O–H groups in total. The van der Waals surface area contributed by atoms with Crippen LogP contribution in [0.3, 0.4) is 0 Å². The molecule has 1 aliphatic heterocycles. The van der Waals surface area contributed by atoms with E-state index in [1.54, 1.807) is 12.1 Å². The summed E-state index contributed by atoms with van der Waals surface area (Å²) in [5.41, 5.74) is 0.991. The number of aliphatic hydroxyl groups excluding tert-OH is 1. The molecule has 1 aliphatic rings. The molecule has 0 aromatic heterocycles. The fraction of sp³-hybridized carbons (Fsp3) is 0.538. The van der Waals surface area contributed by atoms with Gasteiger partial charge >= 0.3 is 0 Å². The Kier molecular flexibility index (Phi) is 4.57. The van der Waals surface area contributed by atoms with Crippen LogP contribution in [0.25, 0.3) is 0 Å². The Morgan fingerprint density at radius 2 is 2.00 bits per heavy atom. The van der Waals surface area contributed by atoms with Crippen molar-refractivity contribution in [2.45, 2.75) is 36.9 Å². The van der Waals surface area contributed by atoms with E-state index in [1.807, 2.05) is 6.92 Å². The molecule has 0 aliphatic carbocycles. The van der Waals surface area contributed by atoms with Crippen molar-refractivity contribution in [2.24, 2.45) is 0 Å². The Hall–Kier alpha value is -0.950. The molecular formula is C13H18O5S. The zero-order valence-electron chi connectivity index (χ0n) is 10.8. The summed E-state index contributed by atoms with van der Waals surface area (Å²) >= 11 is 0. The number of benzene rings is 1. The topological polar surface area (TPSA) is 72.8 Å². The number of hydrogen-bond acceptors (Lipinski definition) is 5. The lowest BCUT2D eigenvalue weighted by atomic mass is 10.1. The maximum absolute atomic E-state index is 12.0. The van der Waals surface area contributed by atoms with Gasteiger partial charge in [-0.25, -0.2) is 0 Å². The van der Waals surface area contributed by atoms with E-state index in [4.69, 9.17) is 14.0 Å². The van der Waals surface area contributed by atoms with Crippen LogP contribution < -0.4 is 0 Å². The van der Waals surface area contributed by atoms with E-state index in [1.165, 1.54) is 12.1 Å². The third kappa shape index (κ3) is 3.76.